The number of hydrogen-bond donors (Lipinski definition) is 1. The summed E-state index contributed by atoms with van der Waals surface area (Å²) in [5, 5.41) is 3.62. The lowest BCUT2D eigenvalue weighted by Gasteiger charge is -2.40. The van der Waals surface area contributed by atoms with Crippen LogP contribution in [0.2, 0.25) is 0 Å². The van der Waals surface area contributed by atoms with E-state index in [2.05, 4.69) is 21.3 Å². The van der Waals surface area contributed by atoms with Crippen LogP contribution in [0, 0.1) is 11.2 Å². The summed E-state index contributed by atoms with van der Waals surface area (Å²) in [4.78, 5) is 6.96. The van der Waals surface area contributed by atoms with Crippen molar-refractivity contribution in [1.29, 1.82) is 0 Å². The maximum Gasteiger partial charge on any atom is 0.193 e. The molecule has 1 spiro atoms. The summed E-state index contributed by atoms with van der Waals surface area (Å²) in [5.74, 6) is 0.834. The molecule has 4 rings (SSSR count). The number of likely N-dealkylation sites (tertiary alicyclic amines) is 1. The molecule has 0 atom stereocenters. The van der Waals surface area contributed by atoms with Gasteiger partial charge in [0.25, 0.3) is 0 Å². The largest absolute Gasteiger partial charge is 0.381 e. The minimum Gasteiger partial charge on any atom is -0.381 e. The number of hydrogen-bond acceptors (Lipinski definition) is 2. The van der Waals surface area contributed by atoms with Crippen molar-refractivity contribution in [3.05, 3.63) is 35.6 Å². The zero-order valence-corrected chi connectivity index (χ0v) is 15.8. The van der Waals surface area contributed by atoms with E-state index >= 15 is 0 Å². The summed E-state index contributed by atoms with van der Waals surface area (Å²) in [6, 6.07) is 7.08. The molecule has 1 aromatic carbocycles. The van der Waals surface area contributed by atoms with Gasteiger partial charge in [-0.25, -0.2) is 4.39 Å². The van der Waals surface area contributed by atoms with Gasteiger partial charge >= 0.3 is 0 Å². The van der Waals surface area contributed by atoms with Crippen LogP contribution in [-0.4, -0.2) is 50.8 Å². The van der Waals surface area contributed by atoms with E-state index < -0.39 is 0 Å². The molecule has 4 nitrogen and oxygen atoms in total. The van der Waals surface area contributed by atoms with Crippen molar-refractivity contribution in [2.24, 2.45) is 10.4 Å². The molecule has 26 heavy (non-hydrogen) atoms. The van der Waals surface area contributed by atoms with Crippen molar-refractivity contribution in [3.8, 4) is 0 Å². The highest BCUT2D eigenvalue weighted by Gasteiger charge is 2.44. The molecule has 1 aromatic rings. The van der Waals surface area contributed by atoms with Gasteiger partial charge in [-0.2, -0.15) is 0 Å². The quantitative estimate of drug-likeness (QED) is 0.664. The van der Waals surface area contributed by atoms with Gasteiger partial charge in [0.2, 0.25) is 0 Å². The fourth-order valence-electron chi connectivity index (χ4n) is 4.93. The maximum absolute atomic E-state index is 13.9. The van der Waals surface area contributed by atoms with Crippen molar-refractivity contribution in [2.75, 3.05) is 39.9 Å². The fourth-order valence-corrected chi connectivity index (χ4v) is 4.93. The second-order valence-electron chi connectivity index (χ2n) is 8.33. The Morgan fingerprint density at radius 2 is 2.04 bits per heavy atom. The Bertz CT molecular complexity index is 665. The normalized spacial score (nSPS) is 24.5. The number of aliphatic imine (C=N–C) groups is 1. The van der Waals surface area contributed by atoms with Gasteiger partial charge < -0.3 is 15.0 Å². The summed E-state index contributed by atoms with van der Waals surface area (Å²) in [6.07, 6.45) is 7.21. The van der Waals surface area contributed by atoms with Crippen LogP contribution in [-0.2, 0) is 10.2 Å². The van der Waals surface area contributed by atoms with E-state index in [0.717, 1.165) is 57.2 Å². The van der Waals surface area contributed by atoms with E-state index in [-0.39, 0.29) is 11.2 Å². The predicted molar refractivity (Wildman–Crippen MR) is 102 cm³/mol. The van der Waals surface area contributed by atoms with E-state index in [4.69, 9.17) is 4.74 Å². The molecule has 2 aliphatic heterocycles. The van der Waals surface area contributed by atoms with Crippen LogP contribution in [0.4, 0.5) is 4.39 Å². The van der Waals surface area contributed by atoms with Gasteiger partial charge in [-0.15, -0.1) is 0 Å². The highest BCUT2D eigenvalue weighted by atomic mass is 19.1. The van der Waals surface area contributed by atoms with Gasteiger partial charge in [0.1, 0.15) is 5.82 Å². The molecule has 0 bridgehead atoms. The monoisotopic (exact) mass is 359 g/mol. The van der Waals surface area contributed by atoms with E-state index in [1.54, 1.807) is 6.07 Å². The Balaban J connectivity index is 1.47. The standard InChI is InChI=1S/C21H30FN3O/c1-23-19(25-11-8-20(16-25)6-3-7-20)24-15-21(9-12-26-13-10-21)17-4-2-5-18(22)14-17/h2,4-5,14H,3,6-13,15-16H2,1H3,(H,23,24). The first-order valence-electron chi connectivity index (χ1n) is 9.94. The molecular weight excluding hydrogens is 329 g/mol. The van der Waals surface area contributed by atoms with Crippen LogP contribution in [0.15, 0.2) is 29.3 Å². The number of guanidine groups is 1. The third-order valence-corrected chi connectivity index (χ3v) is 6.84. The molecule has 0 radical (unpaired) electrons. The van der Waals surface area contributed by atoms with Gasteiger partial charge in [-0.05, 0) is 55.2 Å². The first-order chi connectivity index (χ1) is 12.6. The minimum atomic E-state index is -0.163. The molecule has 2 heterocycles. The van der Waals surface area contributed by atoms with E-state index in [9.17, 15) is 4.39 Å². The number of nitrogens with zero attached hydrogens (tertiary/aromatic N) is 2. The van der Waals surface area contributed by atoms with Gasteiger partial charge in [-0.1, -0.05) is 18.6 Å². The Hall–Kier alpha value is -1.62. The van der Waals surface area contributed by atoms with Crippen LogP contribution in [0.1, 0.15) is 44.1 Å². The van der Waals surface area contributed by atoms with Crippen molar-refractivity contribution in [2.45, 2.75) is 43.9 Å². The molecular formula is C21H30FN3O. The topological polar surface area (TPSA) is 36.9 Å². The number of halogens is 1. The molecule has 142 valence electrons. The smallest absolute Gasteiger partial charge is 0.193 e. The average molecular weight is 359 g/mol. The number of rotatable bonds is 3. The minimum absolute atomic E-state index is 0.0931. The molecule has 0 aromatic heterocycles. The molecule has 3 fully saturated rings. The average Bonchev–Trinajstić information content (AvgIpc) is 3.09. The Kier molecular flexibility index (Phi) is 4.91. The summed E-state index contributed by atoms with van der Waals surface area (Å²) >= 11 is 0. The Labute approximate surface area is 155 Å². The highest BCUT2D eigenvalue weighted by Crippen LogP contribution is 2.48. The zero-order chi connectivity index (χ0) is 18.0. The zero-order valence-electron chi connectivity index (χ0n) is 15.8. The van der Waals surface area contributed by atoms with Crippen LogP contribution in [0.3, 0.4) is 0 Å². The molecule has 0 amide bonds. The first kappa shape index (κ1) is 17.8. The van der Waals surface area contributed by atoms with Crippen LogP contribution in [0.25, 0.3) is 0 Å². The van der Waals surface area contributed by atoms with Crippen molar-refractivity contribution in [3.63, 3.8) is 0 Å². The third kappa shape index (κ3) is 3.34. The first-order valence-corrected chi connectivity index (χ1v) is 9.94. The van der Waals surface area contributed by atoms with Gasteiger partial charge in [0, 0.05) is 45.3 Å². The Morgan fingerprint density at radius 3 is 2.65 bits per heavy atom. The van der Waals surface area contributed by atoms with Gasteiger partial charge in [0.15, 0.2) is 5.96 Å². The lowest BCUT2D eigenvalue weighted by Crippen LogP contribution is -2.49. The maximum atomic E-state index is 13.9. The van der Waals surface area contributed by atoms with Crippen molar-refractivity contribution in [1.82, 2.24) is 10.2 Å². The summed E-state index contributed by atoms with van der Waals surface area (Å²) in [5.41, 5.74) is 1.53. The molecule has 1 saturated carbocycles. The van der Waals surface area contributed by atoms with Crippen LogP contribution < -0.4 is 5.32 Å². The summed E-state index contributed by atoms with van der Waals surface area (Å²) in [6.45, 7) is 4.45. The molecule has 3 aliphatic rings. The third-order valence-electron chi connectivity index (χ3n) is 6.84. The van der Waals surface area contributed by atoms with Crippen LogP contribution in [0.5, 0.6) is 0 Å². The second-order valence-corrected chi connectivity index (χ2v) is 8.33. The summed E-state index contributed by atoms with van der Waals surface area (Å²) in [7, 11) is 1.87. The lowest BCUT2D eigenvalue weighted by molar-refractivity contribution is 0.0510. The molecule has 1 N–H and O–H groups in total. The SMILES string of the molecule is CN=C(NCC1(c2cccc(F)c2)CCOCC1)N1CCC2(CCC2)C1. The van der Waals surface area contributed by atoms with Crippen molar-refractivity contribution >= 4 is 5.96 Å². The molecule has 5 heteroatoms. The molecule has 1 aliphatic carbocycles. The highest BCUT2D eigenvalue weighted by molar-refractivity contribution is 5.80. The van der Waals surface area contributed by atoms with E-state index in [1.807, 2.05) is 13.1 Å². The van der Waals surface area contributed by atoms with Crippen LogP contribution >= 0.6 is 0 Å². The molecule has 2 saturated heterocycles. The molecule has 0 unspecified atom stereocenters. The Morgan fingerprint density at radius 1 is 1.23 bits per heavy atom. The second kappa shape index (κ2) is 7.18. The number of nitrogens with one attached hydrogen (secondary N) is 1. The van der Waals surface area contributed by atoms with Gasteiger partial charge in [-0.3, -0.25) is 4.99 Å². The predicted octanol–water partition coefficient (Wildman–Crippen LogP) is 3.33. The number of ether oxygens (including phenoxy) is 1. The van der Waals surface area contributed by atoms with Crippen molar-refractivity contribution < 1.29 is 9.13 Å². The lowest BCUT2D eigenvalue weighted by atomic mass is 9.68. The number of benzene rings is 1. The fraction of sp³-hybridized carbons (Fsp3) is 0.667. The van der Waals surface area contributed by atoms with E-state index in [0.29, 0.717) is 5.41 Å². The van der Waals surface area contributed by atoms with E-state index in [1.165, 1.54) is 31.7 Å². The van der Waals surface area contributed by atoms with Gasteiger partial charge in [0.05, 0.1) is 0 Å². The summed E-state index contributed by atoms with van der Waals surface area (Å²) < 4.78 is 19.4.